The van der Waals surface area contributed by atoms with Crippen LogP contribution in [-0.4, -0.2) is 25.5 Å². The van der Waals surface area contributed by atoms with Gasteiger partial charge in [-0.05, 0) is 38.0 Å². The van der Waals surface area contributed by atoms with Gasteiger partial charge >= 0.3 is 0 Å². The molecule has 0 aromatic heterocycles. The Hall–Kier alpha value is -0.570. The van der Waals surface area contributed by atoms with Crippen LogP contribution in [0.15, 0.2) is 0 Å². The lowest BCUT2D eigenvalue weighted by atomic mass is 9.90. The van der Waals surface area contributed by atoms with Gasteiger partial charge in [-0.1, -0.05) is 20.8 Å². The first-order chi connectivity index (χ1) is 7.68. The number of carbonyl (C=O) groups excluding carboxylic acids is 1. The third-order valence-electron chi connectivity index (χ3n) is 3.98. The molecule has 0 aromatic rings. The van der Waals surface area contributed by atoms with Gasteiger partial charge in [0, 0.05) is 19.6 Å². The molecule has 1 aliphatic carbocycles. The first-order valence-corrected chi connectivity index (χ1v) is 6.63. The van der Waals surface area contributed by atoms with Gasteiger partial charge in [0.25, 0.3) is 0 Å². The lowest BCUT2D eigenvalue weighted by Gasteiger charge is -2.27. The lowest BCUT2D eigenvalue weighted by Crippen LogP contribution is -2.45. The van der Waals surface area contributed by atoms with Crippen molar-refractivity contribution < 1.29 is 4.79 Å². The second kappa shape index (κ2) is 4.97. The second-order valence-corrected chi connectivity index (χ2v) is 7.00. The summed E-state index contributed by atoms with van der Waals surface area (Å²) in [7, 11) is 1.70. The van der Waals surface area contributed by atoms with E-state index in [0.717, 1.165) is 6.54 Å². The topological polar surface area (TPSA) is 41.1 Å². The SMILES string of the molecule is CNC(=O)C(C)(C)CNC1CC(C)(C)CC1C. The van der Waals surface area contributed by atoms with E-state index < -0.39 is 0 Å². The second-order valence-electron chi connectivity index (χ2n) is 7.00. The van der Waals surface area contributed by atoms with Crippen LogP contribution >= 0.6 is 0 Å². The maximum atomic E-state index is 11.7. The highest BCUT2D eigenvalue weighted by atomic mass is 16.2. The number of nitrogens with one attached hydrogen (secondary N) is 2. The van der Waals surface area contributed by atoms with E-state index in [-0.39, 0.29) is 11.3 Å². The number of carbonyl (C=O) groups is 1. The van der Waals surface area contributed by atoms with Gasteiger partial charge in [0.05, 0.1) is 5.41 Å². The predicted octanol–water partition coefficient (Wildman–Crippen LogP) is 2.17. The molecule has 1 saturated carbocycles. The van der Waals surface area contributed by atoms with Crippen LogP contribution in [0.4, 0.5) is 0 Å². The molecule has 2 unspecified atom stereocenters. The van der Waals surface area contributed by atoms with Gasteiger partial charge in [-0.15, -0.1) is 0 Å². The van der Waals surface area contributed by atoms with Crippen LogP contribution in [0.2, 0.25) is 0 Å². The summed E-state index contributed by atoms with van der Waals surface area (Å²) in [5.41, 5.74) is 0.107. The first-order valence-electron chi connectivity index (χ1n) is 6.63. The van der Waals surface area contributed by atoms with Gasteiger partial charge in [-0.25, -0.2) is 0 Å². The van der Waals surface area contributed by atoms with E-state index >= 15 is 0 Å². The molecule has 3 nitrogen and oxygen atoms in total. The lowest BCUT2D eigenvalue weighted by molar-refractivity contribution is -0.128. The summed E-state index contributed by atoms with van der Waals surface area (Å²) in [4.78, 5) is 11.7. The van der Waals surface area contributed by atoms with Crippen LogP contribution < -0.4 is 10.6 Å². The quantitative estimate of drug-likeness (QED) is 0.791. The van der Waals surface area contributed by atoms with Crippen molar-refractivity contribution in [2.24, 2.45) is 16.7 Å². The van der Waals surface area contributed by atoms with Crippen LogP contribution in [-0.2, 0) is 4.79 Å². The molecule has 0 heterocycles. The van der Waals surface area contributed by atoms with Crippen LogP contribution in [0.1, 0.15) is 47.5 Å². The van der Waals surface area contributed by atoms with Gasteiger partial charge in [0.1, 0.15) is 0 Å². The number of rotatable bonds is 4. The molecule has 1 fully saturated rings. The summed E-state index contributed by atoms with van der Waals surface area (Å²) in [6, 6.07) is 0.550. The van der Waals surface area contributed by atoms with Crippen LogP contribution in [0.25, 0.3) is 0 Å². The summed E-state index contributed by atoms with van der Waals surface area (Å²) in [6.45, 7) is 11.7. The molecular weight excluding hydrogens is 212 g/mol. The van der Waals surface area contributed by atoms with Gasteiger partial charge < -0.3 is 10.6 Å². The zero-order chi connectivity index (χ0) is 13.3. The summed E-state index contributed by atoms with van der Waals surface area (Å²) >= 11 is 0. The molecule has 0 aromatic carbocycles. The fourth-order valence-electron chi connectivity index (χ4n) is 2.97. The average Bonchev–Trinajstić information content (AvgIpc) is 2.47. The molecule has 0 radical (unpaired) electrons. The van der Waals surface area contributed by atoms with Gasteiger partial charge in [-0.3, -0.25) is 4.79 Å². The van der Waals surface area contributed by atoms with Crippen molar-refractivity contribution >= 4 is 5.91 Å². The van der Waals surface area contributed by atoms with Crippen molar-refractivity contribution in [1.82, 2.24) is 10.6 Å². The number of amides is 1. The van der Waals surface area contributed by atoms with Gasteiger partial charge in [0.2, 0.25) is 5.91 Å². The maximum absolute atomic E-state index is 11.7. The highest BCUT2D eigenvalue weighted by Gasteiger charge is 2.37. The van der Waals surface area contributed by atoms with Crippen molar-refractivity contribution in [3.63, 3.8) is 0 Å². The number of hydrogen-bond acceptors (Lipinski definition) is 2. The standard InChI is InChI=1S/C14H28N2O/c1-10-7-13(2,3)8-11(10)16-9-14(4,5)12(17)15-6/h10-11,16H,7-9H2,1-6H3,(H,15,17). The molecule has 2 N–H and O–H groups in total. The van der Waals surface area contributed by atoms with E-state index in [0.29, 0.717) is 17.4 Å². The van der Waals surface area contributed by atoms with E-state index in [1.165, 1.54) is 12.8 Å². The molecule has 0 spiro atoms. The minimum Gasteiger partial charge on any atom is -0.359 e. The molecule has 2 atom stereocenters. The van der Waals surface area contributed by atoms with E-state index in [4.69, 9.17) is 0 Å². The Morgan fingerprint density at radius 2 is 1.94 bits per heavy atom. The fraction of sp³-hybridized carbons (Fsp3) is 0.929. The third kappa shape index (κ3) is 3.70. The summed E-state index contributed by atoms with van der Waals surface area (Å²) < 4.78 is 0. The van der Waals surface area contributed by atoms with Crippen LogP contribution in [0.3, 0.4) is 0 Å². The van der Waals surface area contributed by atoms with Crippen molar-refractivity contribution in [3.05, 3.63) is 0 Å². The highest BCUT2D eigenvalue weighted by molar-refractivity contribution is 5.81. The maximum Gasteiger partial charge on any atom is 0.226 e. The van der Waals surface area contributed by atoms with E-state index in [1.54, 1.807) is 7.05 Å². The number of hydrogen-bond donors (Lipinski definition) is 2. The zero-order valence-corrected chi connectivity index (χ0v) is 12.2. The molecular formula is C14H28N2O. The minimum atomic E-state index is -0.332. The van der Waals surface area contributed by atoms with Crippen molar-refractivity contribution in [2.45, 2.75) is 53.5 Å². The Kier molecular flexibility index (Phi) is 4.23. The van der Waals surface area contributed by atoms with Crippen LogP contribution in [0, 0.1) is 16.7 Å². The Morgan fingerprint density at radius 3 is 2.35 bits per heavy atom. The van der Waals surface area contributed by atoms with E-state index in [1.807, 2.05) is 13.8 Å². The Balaban J connectivity index is 2.49. The van der Waals surface area contributed by atoms with Crippen molar-refractivity contribution in [3.8, 4) is 0 Å². The van der Waals surface area contributed by atoms with Crippen molar-refractivity contribution in [2.75, 3.05) is 13.6 Å². The summed E-state index contributed by atoms with van der Waals surface area (Å²) in [6.07, 6.45) is 2.48. The summed E-state index contributed by atoms with van der Waals surface area (Å²) in [5.74, 6) is 0.806. The molecule has 0 saturated heterocycles. The molecule has 0 aliphatic heterocycles. The average molecular weight is 240 g/mol. The molecule has 1 amide bonds. The Bertz CT molecular complexity index is 284. The minimum absolute atomic E-state index is 0.106. The largest absolute Gasteiger partial charge is 0.359 e. The Morgan fingerprint density at radius 1 is 1.35 bits per heavy atom. The molecule has 1 aliphatic rings. The van der Waals surface area contributed by atoms with Gasteiger partial charge in [0.15, 0.2) is 0 Å². The molecule has 17 heavy (non-hydrogen) atoms. The first kappa shape index (κ1) is 14.5. The van der Waals surface area contributed by atoms with E-state index in [9.17, 15) is 4.79 Å². The highest BCUT2D eigenvalue weighted by Crippen LogP contribution is 2.41. The fourth-order valence-corrected chi connectivity index (χ4v) is 2.97. The predicted molar refractivity (Wildman–Crippen MR) is 71.8 cm³/mol. The summed E-state index contributed by atoms with van der Waals surface area (Å²) in [5, 5.41) is 6.31. The van der Waals surface area contributed by atoms with Gasteiger partial charge in [-0.2, -0.15) is 0 Å². The zero-order valence-electron chi connectivity index (χ0n) is 12.2. The monoisotopic (exact) mass is 240 g/mol. The van der Waals surface area contributed by atoms with E-state index in [2.05, 4.69) is 31.4 Å². The molecule has 100 valence electrons. The smallest absolute Gasteiger partial charge is 0.226 e. The normalized spacial score (nSPS) is 28.1. The third-order valence-corrected chi connectivity index (χ3v) is 3.98. The molecule has 1 rings (SSSR count). The molecule has 0 bridgehead atoms. The molecule has 3 heteroatoms. The van der Waals surface area contributed by atoms with Crippen molar-refractivity contribution in [1.29, 1.82) is 0 Å². The Labute approximate surface area is 106 Å². The van der Waals surface area contributed by atoms with Crippen LogP contribution in [0.5, 0.6) is 0 Å².